The number of fused-ring (bicyclic) bond motifs is 1. The Morgan fingerprint density at radius 2 is 2.07 bits per heavy atom. The summed E-state index contributed by atoms with van der Waals surface area (Å²) in [6, 6.07) is 6.44. The molecule has 0 bridgehead atoms. The molecule has 0 saturated carbocycles. The Bertz CT molecular complexity index is 1030. The van der Waals surface area contributed by atoms with Crippen molar-refractivity contribution in [2.24, 2.45) is 0 Å². The molecule has 1 unspecified atom stereocenters. The SMILES string of the molecule is COc1cc(C(C)NC(=O)n2sc3ncccc3c2=O)ccc1OC(F)F. The van der Waals surface area contributed by atoms with Crippen LogP contribution in [0, 0.1) is 0 Å². The largest absolute Gasteiger partial charge is 0.493 e. The highest BCUT2D eigenvalue weighted by Gasteiger charge is 2.18. The number of nitrogens with one attached hydrogen (secondary N) is 1. The van der Waals surface area contributed by atoms with E-state index >= 15 is 0 Å². The quantitative estimate of drug-likeness (QED) is 0.716. The smallest absolute Gasteiger partial charge is 0.387 e. The molecule has 1 amide bonds. The molecule has 1 aromatic carbocycles. The van der Waals surface area contributed by atoms with Crippen molar-refractivity contribution in [1.82, 2.24) is 14.3 Å². The molecule has 0 spiro atoms. The summed E-state index contributed by atoms with van der Waals surface area (Å²) in [4.78, 5) is 29.3. The first kappa shape index (κ1) is 18.8. The minimum Gasteiger partial charge on any atom is -0.493 e. The Labute approximate surface area is 156 Å². The fourth-order valence-electron chi connectivity index (χ4n) is 2.47. The van der Waals surface area contributed by atoms with Gasteiger partial charge in [-0.15, -0.1) is 0 Å². The zero-order chi connectivity index (χ0) is 19.6. The van der Waals surface area contributed by atoms with E-state index in [1.807, 2.05) is 0 Å². The highest BCUT2D eigenvalue weighted by molar-refractivity contribution is 7.14. The van der Waals surface area contributed by atoms with Gasteiger partial charge >= 0.3 is 12.6 Å². The first-order valence-corrected chi connectivity index (χ1v) is 8.58. The second-order valence-electron chi connectivity index (χ2n) is 5.51. The average Bonchev–Trinajstić information content (AvgIpc) is 2.98. The standard InChI is InChI=1S/C17H15F2N3O4S/c1-9(10-5-6-12(26-16(18)19)13(8-10)25-2)21-17(24)22-15(23)11-4-3-7-20-14(11)27-22/h3-9,16H,1-2H3,(H,21,24). The summed E-state index contributed by atoms with van der Waals surface area (Å²) in [5.74, 6) is -0.00120. The topological polar surface area (TPSA) is 82.5 Å². The van der Waals surface area contributed by atoms with Crippen molar-refractivity contribution in [3.8, 4) is 11.5 Å². The van der Waals surface area contributed by atoms with Gasteiger partial charge < -0.3 is 14.8 Å². The number of hydrogen-bond donors (Lipinski definition) is 1. The van der Waals surface area contributed by atoms with Crippen LogP contribution in [0.5, 0.6) is 11.5 Å². The predicted molar refractivity (Wildman–Crippen MR) is 95.9 cm³/mol. The maximum absolute atomic E-state index is 12.5. The molecule has 0 aliphatic rings. The third-order valence-electron chi connectivity index (χ3n) is 3.79. The Kier molecular flexibility index (Phi) is 5.36. The number of benzene rings is 1. The first-order chi connectivity index (χ1) is 12.9. The van der Waals surface area contributed by atoms with Crippen molar-refractivity contribution < 1.29 is 23.0 Å². The summed E-state index contributed by atoms with van der Waals surface area (Å²) in [5, 5.41) is 3.05. The van der Waals surface area contributed by atoms with Gasteiger partial charge in [-0.05, 0) is 48.3 Å². The molecule has 0 aliphatic carbocycles. The second kappa shape index (κ2) is 7.70. The van der Waals surface area contributed by atoms with Gasteiger partial charge in [0, 0.05) is 6.20 Å². The highest BCUT2D eigenvalue weighted by Crippen LogP contribution is 2.31. The summed E-state index contributed by atoms with van der Waals surface area (Å²) in [7, 11) is 1.32. The van der Waals surface area contributed by atoms with E-state index in [1.165, 1.54) is 25.3 Å². The number of hydrogen-bond acceptors (Lipinski definition) is 6. The third-order valence-corrected chi connectivity index (χ3v) is 4.80. The van der Waals surface area contributed by atoms with Gasteiger partial charge in [0.05, 0.1) is 18.5 Å². The van der Waals surface area contributed by atoms with Crippen molar-refractivity contribution >= 4 is 27.8 Å². The Morgan fingerprint density at radius 3 is 2.74 bits per heavy atom. The number of carbonyl (C=O) groups excluding carboxylic acids is 1. The number of aromatic nitrogens is 2. The van der Waals surface area contributed by atoms with Gasteiger partial charge in [-0.25, -0.2) is 9.78 Å². The molecule has 27 heavy (non-hydrogen) atoms. The van der Waals surface area contributed by atoms with Crippen molar-refractivity contribution in [3.05, 3.63) is 52.4 Å². The maximum atomic E-state index is 12.5. The molecule has 10 heteroatoms. The summed E-state index contributed by atoms with van der Waals surface area (Å²) >= 11 is 0.939. The molecule has 3 rings (SSSR count). The molecule has 2 heterocycles. The van der Waals surface area contributed by atoms with Crippen LogP contribution in [-0.4, -0.2) is 28.7 Å². The van der Waals surface area contributed by atoms with E-state index in [2.05, 4.69) is 15.0 Å². The van der Waals surface area contributed by atoms with E-state index in [-0.39, 0.29) is 11.5 Å². The van der Waals surface area contributed by atoms with Gasteiger partial charge in [0.1, 0.15) is 4.83 Å². The molecular formula is C17H15F2N3O4S. The van der Waals surface area contributed by atoms with E-state index < -0.39 is 24.2 Å². The lowest BCUT2D eigenvalue weighted by Gasteiger charge is -2.16. The number of halogens is 2. The van der Waals surface area contributed by atoms with Crippen molar-refractivity contribution in [1.29, 1.82) is 0 Å². The van der Waals surface area contributed by atoms with E-state index in [9.17, 15) is 18.4 Å². The molecule has 1 atom stereocenters. The van der Waals surface area contributed by atoms with E-state index in [1.54, 1.807) is 25.3 Å². The lowest BCUT2D eigenvalue weighted by Crippen LogP contribution is -2.34. The summed E-state index contributed by atoms with van der Waals surface area (Å²) in [5.41, 5.74) is 0.139. The number of amides is 1. The molecule has 0 radical (unpaired) electrons. The number of methoxy groups -OCH3 is 1. The summed E-state index contributed by atoms with van der Waals surface area (Å²) < 4.78 is 35.2. The van der Waals surface area contributed by atoms with Crippen molar-refractivity contribution in [3.63, 3.8) is 0 Å². The minimum atomic E-state index is -2.98. The van der Waals surface area contributed by atoms with E-state index in [0.717, 1.165) is 15.5 Å². The van der Waals surface area contributed by atoms with Crippen molar-refractivity contribution in [2.75, 3.05) is 7.11 Å². The van der Waals surface area contributed by atoms with Gasteiger partial charge in [-0.3, -0.25) is 4.79 Å². The molecule has 0 saturated heterocycles. The van der Waals surface area contributed by atoms with Crippen LogP contribution in [0.25, 0.3) is 10.2 Å². The normalized spacial score (nSPS) is 12.2. The second-order valence-corrected chi connectivity index (χ2v) is 6.44. The lowest BCUT2D eigenvalue weighted by atomic mass is 10.1. The Hall–Kier alpha value is -3.01. The fraction of sp³-hybridized carbons (Fsp3) is 0.235. The minimum absolute atomic E-state index is 0.108. The lowest BCUT2D eigenvalue weighted by molar-refractivity contribution is -0.0512. The molecule has 142 valence electrons. The molecular weight excluding hydrogens is 380 g/mol. The Balaban J connectivity index is 1.81. The monoisotopic (exact) mass is 395 g/mol. The summed E-state index contributed by atoms with van der Waals surface area (Å²) in [6.07, 6.45) is 1.54. The molecule has 0 fully saturated rings. The van der Waals surface area contributed by atoms with Crippen LogP contribution in [0.4, 0.5) is 13.6 Å². The molecule has 2 aromatic heterocycles. The number of alkyl halides is 2. The molecule has 7 nitrogen and oxygen atoms in total. The van der Waals surface area contributed by atoms with Gasteiger partial charge in [0.25, 0.3) is 5.56 Å². The zero-order valence-corrected chi connectivity index (χ0v) is 15.1. The first-order valence-electron chi connectivity index (χ1n) is 7.81. The van der Waals surface area contributed by atoms with Gasteiger partial charge in [0.2, 0.25) is 0 Å². The molecule has 0 aliphatic heterocycles. The van der Waals surface area contributed by atoms with Gasteiger partial charge in [-0.1, -0.05) is 6.07 Å². The number of nitrogens with zero attached hydrogens (tertiary/aromatic N) is 2. The third kappa shape index (κ3) is 3.90. The predicted octanol–water partition coefficient (Wildman–Crippen LogP) is 3.39. The van der Waals surface area contributed by atoms with Crippen LogP contribution in [0.15, 0.2) is 41.3 Å². The molecule has 1 N–H and O–H groups in total. The van der Waals surface area contributed by atoms with E-state index in [4.69, 9.17) is 4.74 Å². The zero-order valence-electron chi connectivity index (χ0n) is 14.3. The molecule has 3 aromatic rings. The van der Waals surface area contributed by atoms with Crippen LogP contribution in [0.3, 0.4) is 0 Å². The van der Waals surface area contributed by atoms with E-state index in [0.29, 0.717) is 15.8 Å². The van der Waals surface area contributed by atoms with Crippen LogP contribution in [0.2, 0.25) is 0 Å². The van der Waals surface area contributed by atoms with Crippen molar-refractivity contribution in [2.45, 2.75) is 19.6 Å². The van der Waals surface area contributed by atoms with Gasteiger partial charge in [0.15, 0.2) is 11.5 Å². The highest BCUT2D eigenvalue weighted by atomic mass is 32.1. The van der Waals surface area contributed by atoms with Crippen LogP contribution in [0.1, 0.15) is 18.5 Å². The number of ether oxygens (including phenoxy) is 2. The van der Waals surface area contributed by atoms with Crippen LogP contribution >= 0.6 is 11.5 Å². The van der Waals surface area contributed by atoms with Crippen LogP contribution < -0.4 is 20.3 Å². The Morgan fingerprint density at radius 1 is 1.30 bits per heavy atom. The number of carbonyl (C=O) groups is 1. The average molecular weight is 395 g/mol. The number of pyridine rings is 1. The number of rotatable bonds is 5. The summed E-state index contributed by atoms with van der Waals surface area (Å²) in [6.45, 7) is -1.29. The van der Waals surface area contributed by atoms with Crippen LogP contribution in [-0.2, 0) is 0 Å². The van der Waals surface area contributed by atoms with Gasteiger partial charge in [-0.2, -0.15) is 12.7 Å². The maximum Gasteiger partial charge on any atom is 0.387 e. The fourth-order valence-corrected chi connectivity index (χ4v) is 3.32.